The van der Waals surface area contributed by atoms with Gasteiger partial charge in [-0.1, -0.05) is 18.2 Å². The van der Waals surface area contributed by atoms with Gasteiger partial charge in [0.05, 0.1) is 12.6 Å². The zero-order valence-corrected chi connectivity index (χ0v) is 11.5. The molecule has 0 radical (unpaired) electrons. The number of para-hydroxylation sites is 1. The first kappa shape index (κ1) is 15.0. The van der Waals surface area contributed by atoms with Crippen molar-refractivity contribution in [2.24, 2.45) is 5.73 Å². The first-order chi connectivity index (χ1) is 10.1. The van der Waals surface area contributed by atoms with E-state index >= 15 is 0 Å². The van der Waals surface area contributed by atoms with Crippen LogP contribution in [0.1, 0.15) is 12.8 Å². The Balaban J connectivity index is 1.93. The summed E-state index contributed by atoms with van der Waals surface area (Å²) >= 11 is 0. The molecule has 1 atom stereocenters. The second-order valence-corrected chi connectivity index (χ2v) is 4.90. The van der Waals surface area contributed by atoms with E-state index in [4.69, 9.17) is 5.73 Å². The lowest BCUT2D eigenvalue weighted by atomic mass is 10.2. The van der Waals surface area contributed by atoms with Crippen molar-refractivity contribution in [2.75, 3.05) is 18.4 Å². The molecule has 1 aliphatic rings. The van der Waals surface area contributed by atoms with Gasteiger partial charge in [0.1, 0.15) is 0 Å². The maximum absolute atomic E-state index is 12.3. The third kappa shape index (κ3) is 4.28. The molecule has 7 heteroatoms. The molecule has 1 aromatic carbocycles. The molecule has 112 valence electrons. The molecule has 0 bridgehead atoms. The van der Waals surface area contributed by atoms with Gasteiger partial charge in [0, 0.05) is 5.69 Å². The van der Waals surface area contributed by atoms with E-state index in [0.29, 0.717) is 13.0 Å². The molecule has 1 aromatic rings. The van der Waals surface area contributed by atoms with Crippen LogP contribution in [0.5, 0.6) is 0 Å². The van der Waals surface area contributed by atoms with E-state index in [9.17, 15) is 14.4 Å². The molecular weight excluding hydrogens is 272 g/mol. The SMILES string of the molecule is NC(=O)NC(=O)CN1CCC[C@H]1C(=O)Nc1ccccc1. The zero-order chi connectivity index (χ0) is 15.2. The normalized spacial score (nSPS) is 18.2. The minimum absolute atomic E-state index is 0.0180. The predicted octanol–water partition coefficient (Wildman–Crippen LogP) is 0.284. The van der Waals surface area contributed by atoms with Crippen LogP contribution >= 0.6 is 0 Å². The highest BCUT2D eigenvalue weighted by molar-refractivity contribution is 5.97. The number of benzene rings is 1. The van der Waals surface area contributed by atoms with Crippen LogP contribution in [0.3, 0.4) is 0 Å². The van der Waals surface area contributed by atoms with Crippen molar-refractivity contribution < 1.29 is 14.4 Å². The maximum atomic E-state index is 12.3. The predicted molar refractivity (Wildman–Crippen MR) is 77.4 cm³/mol. The monoisotopic (exact) mass is 290 g/mol. The Morgan fingerprint density at radius 1 is 1.24 bits per heavy atom. The van der Waals surface area contributed by atoms with Crippen molar-refractivity contribution >= 4 is 23.5 Å². The van der Waals surface area contributed by atoms with Gasteiger partial charge in [-0.05, 0) is 31.5 Å². The molecule has 0 aliphatic carbocycles. The number of nitrogens with two attached hydrogens (primary N) is 1. The lowest BCUT2D eigenvalue weighted by Crippen LogP contribution is -2.47. The van der Waals surface area contributed by atoms with E-state index in [-0.39, 0.29) is 18.5 Å². The first-order valence-corrected chi connectivity index (χ1v) is 6.75. The lowest BCUT2D eigenvalue weighted by molar-refractivity contribution is -0.124. The zero-order valence-electron chi connectivity index (χ0n) is 11.5. The Morgan fingerprint density at radius 3 is 2.62 bits per heavy atom. The second-order valence-electron chi connectivity index (χ2n) is 4.90. The Kier molecular flexibility index (Phi) is 4.89. The summed E-state index contributed by atoms with van der Waals surface area (Å²) in [6, 6.07) is 7.89. The van der Waals surface area contributed by atoms with Crippen LogP contribution in [0.15, 0.2) is 30.3 Å². The molecule has 0 unspecified atom stereocenters. The topological polar surface area (TPSA) is 105 Å². The van der Waals surface area contributed by atoms with Gasteiger partial charge in [-0.25, -0.2) is 4.79 Å². The van der Waals surface area contributed by atoms with E-state index in [1.54, 1.807) is 17.0 Å². The van der Waals surface area contributed by atoms with Crippen LogP contribution in [0.25, 0.3) is 0 Å². The minimum atomic E-state index is -0.885. The number of carbonyl (C=O) groups is 3. The summed E-state index contributed by atoms with van der Waals surface area (Å²) in [5.41, 5.74) is 5.61. The standard InChI is InChI=1S/C14H18N4O3/c15-14(21)17-12(19)9-18-8-4-7-11(18)13(20)16-10-5-2-1-3-6-10/h1-3,5-6,11H,4,7-9H2,(H,16,20)(H3,15,17,19,21)/t11-/m0/s1. The fourth-order valence-corrected chi connectivity index (χ4v) is 2.42. The van der Waals surface area contributed by atoms with Crippen molar-refractivity contribution in [3.8, 4) is 0 Å². The van der Waals surface area contributed by atoms with Crippen LogP contribution in [0.2, 0.25) is 0 Å². The van der Waals surface area contributed by atoms with E-state index < -0.39 is 11.9 Å². The number of hydrogen-bond acceptors (Lipinski definition) is 4. The number of amides is 4. The average Bonchev–Trinajstić information content (AvgIpc) is 2.87. The van der Waals surface area contributed by atoms with Crippen LogP contribution in [0, 0.1) is 0 Å². The van der Waals surface area contributed by atoms with Gasteiger partial charge in [-0.2, -0.15) is 0 Å². The minimum Gasteiger partial charge on any atom is -0.351 e. The highest BCUT2D eigenvalue weighted by atomic mass is 16.2. The first-order valence-electron chi connectivity index (χ1n) is 6.75. The van der Waals surface area contributed by atoms with Gasteiger partial charge >= 0.3 is 6.03 Å². The molecule has 2 rings (SSSR count). The summed E-state index contributed by atoms with van der Waals surface area (Å²) in [4.78, 5) is 36.2. The Bertz CT molecular complexity index is 532. The summed E-state index contributed by atoms with van der Waals surface area (Å²) < 4.78 is 0. The van der Waals surface area contributed by atoms with Crippen molar-refractivity contribution in [1.29, 1.82) is 0 Å². The van der Waals surface area contributed by atoms with Crippen LogP contribution in [-0.4, -0.2) is 41.9 Å². The largest absolute Gasteiger partial charge is 0.351 e. The van der Waals surface area contributed by atoms with E-state index in [1.165, 1.54) is 0 Å². The van der Waals surface area contributed by atoms with Crippen LogP contribution < -0.4 is 16.4 Å². The highest BCUT2D eigenvalue weighted by Crippen LogP contribution is 2.18. The number of rotatable bonds is 4. The third-order valence-corrected chi connectivity index (χ3v) is 3.32. The molecule has 0 spiro atoms. The molecule has 0 aromatic heterocycles. The van der Waals surface area contributed by atoms with Gasteiger partial charge in [-0.3, -0.25) is 19.8 Å². The van der Waals surface area contributed by atoms with E-state index in [1.807, 2.05) is 23.5 Å². The number of nitrogens with one attached hydrogen (secondary N) is 2. The van der Waals surface area contributed by atoms with Crippen molar-refractivity contribution in [1.82, 2.24) is 10.2 Å². The molecule has 0 saturated carbocycles. The number of hydrogen-bond donors (Lipinski definition) is 3. The Hall–Kier alpha value is -2.41. The highest BCUT2D eigenvalue weighted by Gasteiger charge is 2.32. The van der Waals surface area contributed by atoms with Crippen molar-refractivity contribution in [3.05, 3.63) is 30.3 Å². The van der Waals surface area contributed by atoms with Crippen LogP contribution in [-0.2, 0) is 9.59 Å². The number of likely N-dealkylation sites (tertiary alicyclic amines) is 1. The molecular formula is C14H18N4O3. The summed E-state index contributed by atoms with van der Waals surface area (Å²) in [5.74, 6) is -0.646. The van der Waals surface area contributed by atoms with Gasteiger partial charge in [0.15, 0.2) is 0 Å². The lowest BCUT2D eigenvalue weighted by Gasteiger charge is -2.22. The number of imide groups is 1. The summed E-state index contributed by atoms with van der Waals surface area (Å²) in [6.45, 7) is 0.620. The number of carbonyl (C=O) groups excluding carboxylic acids is 3. The quantitative estimate of drug-likeness (QED) is 0.741. The molecule has 21 heavy (non-hydrogen) atoms. The molecule has 1 heterocycles. The molecule has 1 aliphatic heterocycles. The van der Waals surface area contributed by atoms with E-state index in [0.717, 1.165) is 12.1 Å². The maximum Gasteiger partial charge on any atom is 0.318 e. The van der Waals surface area contributed by atoms with Gasteiger partial charge in [-0.15, -0.1) is 0 Å². The molecule has 7 nitrogen and oxygen atoms in total. The fraction of sp³-hybridized carbons (Fsp3) is 0.357. The molecule has 4 N–H and O–H groups in total. The summed E-state index contributed by atoms with van der Waals surface area (Å²) in [6.07, 6.45) is 1.51. The number of nitrogens with zero attached hydrogens (tertiary/aromatic N) is 1. The smallest absolute Gasteiger partial charge is 0.318 e. The molecule has 1 saturated heterocycles. The molecule has 1 fully saturated rings. The number of primary amides is 1. The third-order valence-electron chi connectivity index (χ3n) is 3.32. The summed E-state index contributed by atoms with van der Waals surface area (Å²) in [5, 5.41) is 4.83. The average molecular weight is 290 g/mol. The van der Waals surface area contributed by atoms with Gasteiger partial charge in [0.2, 0.25) is 11.8 Å². The fourth-order valence-electron chi connectivity index (χ4n) is 2.42. The van der Waals surface area contributed by atoms with Crippen molar-refractivity contribution in [2.45, 2.75) is 18.9 Å². The second kappa shape index (κ2) is 6.85. The summed E-state index contributed by atoms with van der Waals surface area (Å²) in [7, 11) is 0. The van der Waals surface area contributed by atoms with Crippen molar-refractivity contribution in [3.63, 3.8) is 0 Å². The van der Waals surface area contributed by atoms with Gasteiger partial charge in [0.25, 0.3) is 0 Å². The van der Waals surface area contributed by atoms with Gasteiger partial charge < -0.3 is 11.1 Å². The molecule has 4 amide bonds. The number of urea groups is 1. The Labute approximate surface area is 122 Å². The Morgan fingerprint density at radius 2 is 1.95 bits per heavy atom. The number of anilines is 1. The van der Waals surface area contributed by atoms with E-state index in [2.05, 4.69) is 5.32 Å². The van der Waals surface area contributed by atoms with Crippen LogP contribution in [0.4, 0.5) is 10.5 Å².